The number of rotatable bonds is 10. The van der Waals surface area contributed by atoms with E-state index in [1.807, 2.05) is 25.1 Å². The van der Waals surface area contributed by atoms with Gasteiger partial charge in [-0.05, 0) is 41.8 Å². The van der Waals surface area contributed by atoms with Crippen LogP contribution in [-0.2, 0) is 9.84 Å². The van der Waals surface area contributed by atoms with Crippen LogP contribution in [0.1, 0.15) is 34.3 Å². The Kier molecular flexibility index (Phi) is 8.58. The van der Waals surface area contributed by atoms with Crippen LogP contribution in [0.4, 0.5) is 0 Å². The molecule has 3 rings (SSSR count). The summed E-state index contributed by atoms with van der Waals surface area (Å²) in [7, 11) is 2.79. The smallest absolute Gasteiger partial charge is 0.203 e. The number of thioether (sulfide) groups is 2. The van der Waals surface area contributed by atoms with E-state index in [9.17, 15) is 8.42 Å². The van der Waals surface area contributed by atoms with Gasteiger partial charge in [-0.15, -0.1) is 23.5 Å². The van der Waals surface area contributed by atoms with Crippen molar-refractivity contribution in [3.05, 3.63) is 35.4 Å². The molecule has 182 valence electrons. The van der Waals surface area contributed by atoms with Crippen molar-refractivity contribution in [3.63, 3.8) is 0 Å². The normalized spacial score (nSPS) is 18.1. The summed E-state index contributed by atoms with van der Waals surface area (Å²) in [5.41, 5.74) is 1.93. The molecule has 1 aliphatic heterocycles. The highest BCUT2D eigenvalue weighted by Crippen LogP contribution is 2.58. The molecule has 0 bridgehead atoms. The number of hydrogen-bond donors (Lipinski definition) is 0. The highest BCUT2D eigenvalue weighted by Gasteiger charge is 2.32. The number of hydrogen-bond acceptors (Lipinski definition) is 9. The summed E-state index contributed by atoms with van der Waals surface area (Å²) >= 11 is 3.51. The second-order valence-corrected chi connectivity index (χ2v) is 12.2. The van der Waals surface area contributed by atoms with Gasteiger partial charge in [0.15, 0.2) is 32.8 Å². The lowest BCUT2D eigenvalue weighted by molar-refractivity contribution is 0.286. The highest BCUT2D eigenvalue weighted by molar-refractivity contribution is 8.19. The van der Waals surface area contributed by atoms with Crippen molar-refractivity contribution in [3.8, 4) is 28.7 Å². The van der Waals surface area contributed by atoms with E-state index in [4.69, 9.17) is 23.7 Å². The van der Waals surface area contributed by atoms with E-state index in [2.05, 4.69) is 0 Å². The van der Waals surface area contributed by atoms with Gasteiger partial charge in [0.25, 0.3) is 0 Å². The summed E-state index contributed by atoms with van der Waals surface area (Å²) < 4.78 is 52.8. The molecule has 0 aromatic heterocycles. The molecule has 0 spiro atoms. The minimum Gasteiger partial charge on any atom is -0.493 e. The summed E-state index contributed by atoms with van der Waals surface area (Å²) in [4.78, 5) is 0.155. The summed E-state index contributed by atoms with van der Waals surface area (Å²) in [6, 6.07) is 7.52. The summed E-state index contributed by atoms with van der Waals surface area (Å²) in [5, 5.41) is 0.164. The molecular formula is C23H30O7S3. The molecule has 2 aromatic rings. The first-order chi connectivity index (χ1) is 15.8. The maximum atomic E-state index is 12.6. The van der Waals surface area contributed by atoms with Crippen molar-refractivity contribution < 1.29 is 32.1 Å². The first-order valence-corrected chi connectivity index (χ1v) is 14.3. The summed E-state index contributed by atoms with van der Waals surface area (Å²) in [6.45, 7) is 2.38. The monoisotopic (exact) mass is 514 g/mol. The Morgan fingerprint density at radius 2 is 1.45 bits per heavy atom. The van der Waals surface area contributed by atoms with E-state index in [-0.39, 0.29) is 20.5 Å². The zero-order valence-electron chi connectivity index (χ0n) is 19.7. The number of ether oxygens (including phenoxy) is 5. The lowest BCUT2D eigenvalue weighted by Crippen LogP contribution is -2.07. The van der Waals surface area contributed by atoms with Crippen LogP contribution in [-0.4, -0.2) is 55.5 Å². The van der Waals surface area contributed by atoms with E-state index in [0.29, 0.717) is 29.6 Å². The molecule has 33 heavy (non-hydrogen) atoms. The van der Waals surface area contributed by atoms with E-state index in [0.717, 1.165) is 23.3 Å². The SMILES string of the molecule is CCCOc1c(OC)cc(C2SCC(c3cc(OC)c(OC)c(OC)c3)S2)cc1S(C)(=O)=O. The van der Waals surface area contributed by atoms with Crippen LogP contribution in [0.3, 0.4) is 0 Å². The van der Waals surface area contributed by atoms with Gasteiger partial charge in [-0.3, -0.25) is 0 Å². The largest absolute Gasteiger partial charge is 0.493 e. The van der Waals surface area contributed by atoms with Crippen molar-refractivity contribution in [2.75, 3.05) is 47.1 Å². The average molecular weight is 515 g/mol. The third-order valence-electron chi connectivity index (χ3n) is 5.13. The van der Waals surface area contributed by atoms with Crippen molar-refractivity contribution >= 4 is 33.4 Å². The Balaban J connectivity index is 1.95. The van der Waals surface area contributed by atoms with Gasteiger partial charge in [0.1, 0.15) is 4.90 Å². The lowest BCUT2D eigenvalue weighted by Gasteiger charge is -2.19. The summed E-state index contributed by atoms with van der Waals surface area (Å²) in [5.74, 6) is 3.33. The van der Waals surface area contributed by atoms with Gasteiger partial charge in [0.05, 0.1) is 39.6 Å². The van der Waals surface area contributed by atoms with E-state index >= 15 is 0 Å². The Hall–Kier alpha value is -1.91. The first kappa shape index (κ1) is 25.7. The molecule has 0 N–H and O–H groups in total. The zero-order valence-corrected chi connectivity index (χ0v) is 22.1. The first-order valence-electron chi connectivity index (χ1n) is 10.4. The van der Waals surface area contributed by atoms with Gasteiger partial charge in [-0.1, -0.05) is 6.92 Å². The van der Waals surface area contributed by atoms with Crippen molar-refractivity contribution in [2.45, 2.75) is 28.1 Å². The minimum atomic E-state index is -3.51. The molecule has 2 unspecified atom stereocenters. The van der Waals surface area contributed by atoms with Crippen molar-refractivity contribution in [1.29, 1.82) is 0 Å². The van der Waals surface area contributed by atoms with Crippen LogP contribution in [0.25, 0.3) is 0 Å². The third-order valence-corrected chi connectivity index (χ3v) is 9.57. The van der Waals surface area contributed by atoms with Gasteiger partial charge in [0.2, 0.25) is 5.75 Å². The lowest BCUT2D eigenvalue weighted by atomic mass is 10.1. The standard InChI is InChI=1S/C23H30O7S3/c1-7-8-30-22-18(28-4)11-15(12-20(22)33(6,24)25)23-31-13-19(32-23)14-9-16(26-2)21(29-5)17(10-14)27-3/h9-12,19,23H,7-8,13H2,1-6H3. The fourth-order valence-corrected chi connectivity index (χ4v) is 7.65. The molecule has 2 aromatic carbocycles. The second-order valence-electron chi connectivity index (χ2n) is 7.42. The fraction of sp³-hybridized carbons (Fsp3) is 0.478. The third kappa shape index (κ3) is 5.60. The predicted octanol–water partition coefficient (Wildman–Crippen LogP) is 5.13. The van der Waals surface area contributed by atoms with E-state index < -0.39 is 9.84 Å². The zero-order chi connectivity index (χ0) is 24.2. The Labute approximate surface area is 204 Å². The van der Waals surface area contributed by atoms with Gasteiger partial charge in [-0.25, -0.2) is 8.42 Å². The van der Waals surface area contributed by atoms with Crippen LogP contribution in [0, 0.1) is 0 Å². The maximum absolute atomic E-state index is 12.6. The van der Waals surface area contributed by atoms with Gasteiger partial charge >= 0.3 is 0 Å². The number of sulfone groups is 1. The molecule has 10 heteroatoms. The van der Waals surface area contributed by atoms with Gasteiger partial charge < -0.3 is 23.7 Å². The minimum absolute atomic E-state index is 0.0312. The predicted molar refractivity (Wildman–Crippen MR) is 134 cm³/mol. The molecule has 0 aliphatic carbocycles. The van der Waals surface area contributed by atoms with Crippen LogP contribution < -0.4 is 23.7 Å². The number of methoxy groups -OCH3 is 4. The molecular weight excluding hydrogens is 484 g/mol. The highest BCUT2D eigenvalue weighted by atomic mass is 32.2. The Bertz CT molecular complexity index is 1060. The van der Waals surface area contributed by atoms with Crippen molar-refractivity contribution in [2.24, 2.45) is 0 Å². The van der Waals surface area contributed by atoms with Crippen molar-refractivity contribution in [1.82, 2.24) is 0 Å². The van der Waals surface area contributed by atoms with Crippen LogP contribution in [0.15, 0.2) is 29.2 Å². The number of benzene rings is 2. The molecule has 0 saturated carbocycles. The molecule has 1 aliphatic rings. The molecule has 1 fully saturated rings. The average Bonchev–Trinajstić information content (AvgIpc) is 3.30. The Morgan fingerprint density at radius 3 is 1.97 bits per heavy atom. The maximum Gasteiger partial charge on any atom is 0.203 e. The van der Waals surface area contributed by atoms with Crippen LogP contribution in [0.2, 0.25) is 0 Å². The molecule has 1 heterocycles. The fourth-order valence-electron chi connectivity index (χ4n) is 3.55. The molecule has 0 amide bonds. The molecule has 7 nitrogen and oxygen atoms in total. The molecule has 0 radical (unpaired) electrons. The summed E-state index contributed by atoms with van der Waals surface area (Å²) in [6.07, 6.45) is 1.96. The second kappa shape index (κ2) is 11.0. The molecule has 1 saturated heterocycles. The topological polar surface area (TPSA) is 80.3 Å². The van der Waals surface area contributed by atoms with E-state index in [1.165, 1.54) is 13.4 Å². The quantitative estimate of drug-likeness (QED) is 0.428. The van der Waals surface area contributed by atoms with Gasteiger partial charge in [0, 0.05) is 17.3 Å². The van der Waals surface area contributed by atoms with E-state index in [1.54, 1.807) is 50.9 Å². The van der Waals surface area contributed by atoms with Gasteiger partial charge in [-0.2, -0.15) is 0 Å². The van der Waals surface area contributed by atoms with Crippen LogP contribution >= 0.6 is 23.5 Å². The van der Waals surface area contributed by atoms with Crippen LogP contribution in [0.5, 0.6) is 28.7 Å². The molecule has 2 atom stereocenters. The Morgan fingerprint density at radius 1 is 0.879 bits per heavy atom.